The number of aliphatic hydroxyl groups is 1. The highest BCUT2D eigenvalue weighted by Gasteiger charge is 2.58. The Labute approximate surface area is 140 Å². The van der Waals surface area contributed by atoms with E-state index in [0.29, 0.717) is 6.54 Å². The molecule has 0 aliphatic carbocycles. The highest BCUT2D eigenvalue weighted by molar-refractivity contribution is 5.87. The molecule has 0 spiro atoms. The average Bonchev–Trinajstić information content (AvgIpc) is 3.12. The van der Waals surface area contributed by atoms with Crippen LogP contribution < -0.4 is 0 Å². The number of hydrogen-bond donors (Lipinski definition) is 2. The molecule has 1 aromatic carbocycles. The zero-order valence-electron chi connectivity index (χ0n) is 13.8. The molecule has 126 valence electrons. The number of piperidine rings is 1. The second-order valence-corrected chi connectivity index (χ2v) is 7.47. The van der Waals surface area contributed by atoms with Gasteiger partial charge in [-0.3, -0.25) is 9.69 Å². The number of aliphatic hydroxyl groups excluding tert-OH is 1. The maximum atomic E-state index is 12.4. The molecule has 5 nitrogen and oxygen atoms in total. The number of hydrogen-bond acceptors (Lipinski definition) is 4. The SMILES string of the molecule is C[C@H](O)[C@@]12CN3CCc4c([nH]c5ccccc45)[C@@H]3C[C@@H]1C(=O)CO2. The number of ketones is 1. The number of aromatic nitrogens is 1. The number of benzene rings is 1. The Morgan fingerprint density at radius 1 is 1.42 bits per heavy atom. The molecule has 2 N–H and O–H groups in total. The molecule has 0 amide bonds. The Kier molecular flexibility index (Phi) is 2.99. The third-order valence-corrected chi connectivity index (χ3v) is 6.35. The van der Waals surface area contributed by atoms with Crippen LogP contribution in [0.5, 0.6) is 0 Å². The molecule has 4 atom stereocenters. The zero-order chi connectivity index (χ0) is 16.5. The summed E-state index contributed by atoms with van der Waals surface area (Å²) < 4.78 is 5.86. The van der Waals surface area contributed by atoms with Crippen molar-refractivity contribution in [1.29, 1.82) is 0 Å². The fraction of sp³-hybridized carbons (Fsp3) is 0.526. The van der Waals surface area contributed by atoms with Gasteiger partial charge in [0.2, 0.25) is 0 Å². The van der Waals surface area contributed by atoms with E-state index in [-0.39, 0.29) is 24.3 Å². The number of aromatic amines is 1. The first-order valence-corrected chi connectivity index (χ1v) is 8.78. The summed E-state index contributed by atoms with van der Waals surface area (Å²) in [6, 6.07) is 8.63. The predicted octanol–water partition coefficient (Wildman–Crippen LogP) is 1.81. The van der Waals surface area contributed by atoms with Gasteiger partial charge in [0, 0.05) is 29.7 Å². The molecule has 3 aliphatic rings. The van der Waals surface area contributed by atoms with Gasteiger partial charge in [-0.2, -0.15) is 0 Å². The molecule has 5 rings (SSSR count). The minimum Gasteiger partial charge on any atom is -0.390 e. The summed E-state index contributed by atoms with van der Waals surface area (Å²) in [5.74, 6) is -0.0742. The van der Waals surface area contributed by atoms with Gasteiger partial charge in [-0.25, -0.2) is 0 Å². The number of ether oxygens (including phenoxy) is 1. The molecule has 0 saturated carbocycles. The van der Waals surface area contributed by atoms with Crippen molar-refractivity contribution in [1.82, 2.24) is 9.88 Å². The van der Waals surface area contributed by atoms with Crippen LogP contribution in [0.15, 0.2) is 24.3 Å². The maximum absolute atomic E-state index is 12.4. The number of para-hydroxylation sites is 1. The van der Waals surface area contributed by atoms with Crippen molar-refractivity contribution < 1.29 is 14.6 Å². The van der Waals surface area contributed by atoms with Crippen molar-refractivity contribution in [3.8, 4) is 0 Å². The molecule has 2 saturated heterocycles. The van der Waals surface area contributed by atoms with Gasteiger partial charge in [-0.1, -0.05) is 18.2 Å². The van der Waals surface area contributed by atoms with E-state index in [2.05, 4.69) is 34.1 Å². The first-order chi connectivity index (χ1) is 11.6. The number of nitrogens with one attached hydrogen (secondary N) is 1. The minimum atomic E-state index is -0.725. The molecular weight excluding hydrogens is 304 g/mol. The third-order valence-electron chi connectivity index (χ3n) is 6.35. The van der Waals surface area contributed by atoms with Crippen molar-refractivity contribution in [2.45, 2.75) is 37.5 Å². The summed E-state index contributed by atoms with van der Waals surface area (Å²) in [7, 11) is 0. The van der Waals surface area contributed by atoms with Gasteiger partial charge in [0.15, 0.2) is 5.78 Å². The van der Waals surface area contributed by atoms with E-state index in [1.165, 1.54) is 22.2 Å². The summed E-state index contributed by atoms with van der Waals surface area (Å²) in [5.41, 5.74) is 3.09. The summed E-state index contributed by atoms with van der Waals surface area (Å²) in [5, 5.41) is 11.6. The third kappa shape index (κ3) is 1.78. The molecule has 0 radical (unpaired) electrons. The second-order valence-electron chi connectivity index (χ2n) is 7.47. The van der Waals surface area contributed by atoms with Crippen LogP contribution in [0, 0.1) is 5.92 Å². The van der Waals surface area contributed by atoms with Crippen molar-refractivity contribution in [3.63, 3.8) is 0 Å². The first-order valence-electron chi connectivity index (χ1n) is 8.78. The van der Waals surface area contributed by atoms with Crippen molar-refractivity contribution in [2.75, 3.05) is 19.7 Å². The zero-order valence-corrected chi connectivity index (χ0v) is 13.8. The van der Waals surface area contributed by atoms with Gasteiger partial charge in [0.25, 0.3) is 0 Å². The van der Waals surface area contributed by atoms with Crippen LogP contribution >= 0.6 is 0 Å². The van der Waals surface area contributed by atoms with Crippen LogP contribution in [0.25, 0.3) is 10.9 Å². The van der Waals surface area contributed by atoms with Gasteiger partial charge < -0.3 is 14.8 Å². The molecule has 0 unspecified atom stereocenters. The Morgan fingerprint density at radius 2 is 2.25 bits per heavy atom. The molecule has 24 heavy (non-hydrogen) atoms. The van der Waals surface area contributed by atoms with E-state index in [0.717, 1.165) is 19.4 Å². The van der Waals surface area contributed by atoms with Gasteiger partial charge in [0.05, 0.1) is 18.1 Å². The summed E-state index contributed by atoms with van der Waals surface area (Å²) >= 11 is 0. The van der Waals surface area contributed by atoms with Crippen LogP contribution in [0.2, 0.25) is 0 Å². The quantitative estimate of drug-likeness (QED) is 0.839. The lowest BCUT2D eigenvalue weighted by molar-refractivity contribution is -0.151. The Balaban J connectivity index is 1.59. The standard InChI is InChI=1S/C19H22N2O3/c1-11(22)19-10-21-7-6-13-12-4-2-3-5-15(12)20-18(13)16(21)8-14(19)17(23)9-24-19/h2-5,11,14,16,20,22H,6-10H2,1H3/t11-,14+,16-,19-/m0/s1. The lowest BCUT2D eigenvalue weighted by Gasteiger charge is -2.50. The summed E-state index contributed by atoms with van der Waals surface area (Å²) in [6.07, 6.45) is 1.08. The Bertz CT molecular complexity index is 827. The van der Waals surface area contributed by atoms with Crippen molar-refractivity contribution in [3.05, 3.63) is 35.5 Å². The van der Waals surface area contributed by atoms with Gasteiger partial charge >= 0.3 is 0 Å². The lowest BCUT2D eigenvalue weighted by atomic mass is 9.73. The minimum absolute atomic E-state index is 0.135. The first kappa shape index (κ1) is 14.6. The normalized spacial score (nSPS) is 34.0. The molecule has 3 aliphatic heterocycles. The van der Waals surface area contributed by atoms with Gasteiger partial charge in [-0.15, -0.1) is 0 Å². The topological polar surface area (TPSA) is 65.6 Å². The van der Waals surface area contributed by atoms with E-state index in [9.17, 15) is 9.90 Å². The Hall–Kier alpha value is -1.69. The summed E-state index contributed by atoms with van der Waals surface area (Å²) in [6.45, 7) is 3.46. The van der Waals surface area contributed by atoms with E-state index < -0.39 is 11.7 Å². The number of fused-ring (bicyclic) bond motifs is 6. The number of nitrogens with zero attached hydrogens (tertiary/aromatic N) is 1. The fourth-order valence-electron chi connectivity index (χ4n) is 5.08. The van der Waals surface area contributed by atoms with E-state index in [4.69, 9.17) is 4.74 Å². The van der Waals surface area contributed by atoms with E-state index in [1.54, 1.807) is 6.92 Å². The highest BCUT2D eigenvalue weighted by Crippen LogP contribution is 2.48. The average molecular weight is 326 g/mol. The maximum Gasteiger partial charge on any atom is 0.164 e. The van der Waals surface area contributed by atoms with E-state index in [1.807, 2.05) is 0 Å². The number of rotatable bonds is 1. The van der Waals surface area contributed by atoms with Crippen molar-refractivity contribution in [2.24, 2.45) is 5.92 Å². The molecule has 5 heteroatoms. The molecule has 2 fully saturated rings. The van der Waals surface area contributed by atoms with Crippen LogP contribution in [-0.2, 0) is 16.0 Å². The Morgan fingerprint density at radius 3 is 3.08 bits per heavy atom. The van der Waals surface area contributed by atoms with E-state index >= 15 is 0 Å². The molecule has 4 heterocycles. The van der Waals surface area contributed by atoms with Gasteiger partial charge in [0.1, 0.15) is 12.2 Å². The van der Waals surface area contributed by atoms with Crippen LogP contribution in [-0.4, -0.2) is 52.2 Å². The lowest BCUT2D eigenvalue weighted by Crippen LogP contribution is -2.60. The molecule has 2 aromatic rings. The second kappa shape index (κ2) is 4.91. The molecular formula is C19H22N2O3. The number of H-pyrrole nitrogens is 1. The number of Topliss-reactive ketones (excluding diaryl/α,β-unsaturated/α-hetero) is 1. The van der Waals surface area contributed by atoms with Crippen LogP contribution in [0.3, 0.4) is 0 Å². The van der Waals surface area contributed by atoms with Crippen LogP contribution in [0.1, 0.15) is 30.6 Å². The molecule has 0 bridgehead atoms. The summed E-state index contributed by atoms with van der Waals surface area (Å²) in [4.78, 5) is 18.4. The monoisotopic (exact) mass is 326 g/mol. The smallest absolute Gasteiger partial charge is 0.164 e. The van der Waals surface area contributed by atoms with Gasteiger partial charge in [-0.05, 0) is 31.4 Å². The number of carbonyl (C=O) groups is 1. The molecule has 1 aromatic heterocycles. The number of carbonyl (C=O) groups excluding carboxylic acids is 1. The fourth-order valence-corrected chi connectivity index (χ4v) is 5.08. The largest absolute Gasteiger partial charge is 0.390 e. The van der Waals surface area contributed by atoms with Crippen molar-refractivity contribution >= 4 is 16.7 Å². The van der Waals surface area contributed by atoms with Crippen LogP contribution in [0.4, 0.5) is 0 Å². The highest BCUT2D eigenvalue weighted by atomic mass is 16.5. The predicted molar refractivity (Wildman–Crippen MR) is 89.8 cm³/mol.